The molecule has 0 aliphatic carbocycles. The number of amides is 1. The van der Waals surface area contributed by atoms with Gasteiger partial charge < -0.3 is 10.1 Å². The van der Waals surface area contributed by atoms with E-state index in [0.717, 1.165) is 36.9 Å². The van der Waals surface area contributed by atoms with E-state index < -0.39 is 0 Å². The smallest absolute Gasteiger partial charge is 0.237 e. The average Bonchev–Trinajstić information content (AvgIpc) is 3.22. The lowest BCUT2D eigenvalue weighted by atomic mass is 9.98. The van der Waals surface area contributed by atoms with Crippen molar-refractivity contribution >= 4 is 17.2 Å². The molecule has 0 radical (unpaired) electrons. The molecule has 0 aliphatic heterocycles. The highest BCUT2D eigenvalue weighted by Crippen LogP contribution is 2.22. The predicted octanol–water partition coefficient (Wildman–Crippen LogP) is 4.28. The number of H-pyrrole nitrogens is 1. The summed E-state index contributed by atoms with van der Waals surface area (Å²) in [5.74, 6) is 1.43. The van der Waals surface area contributed by atoms with Crippen molar-refractivity contribution < 1.29 is 9.53 Å². The van der Waals surface area contributed by atoms with Gasteiger partial charge in [-0.1, -0.05) is 26.7 Å². The van der Waals surface area contributed by atoms with E-state index in [2.05, 4.69) is 34.3 Å². The van der Waals surface area contributed by atoms with E-state index in [1.165, 1.54) is 0 Å². The number of unbranched alkanes of at least 4 members (excludes halogenated alkanes) is 1. The lowest BCUT2D eigenvalue weighted by molar-refractivity contribution is -0.120. The zero-order valence-corrected chi connectivity index (χ0v) is 16.2. The Labute approximate surface area is 159 Å². The number of benzene rings is 1. The first kappa shape index (κ1) is 18.9. The number of ether oxygens (including phenoxy) is 1. The molecule has 3 aromatic rings. The van der Waals surface area contributed by atoms with Crippen LogP contribution in [-0.4, -0.2) is 32.3 Å². The first-order valence-electron chi connectivity index (χ1n) is 9.64. The van der Waals surface area contributed by atoms with Crippen molar-refractivity contribution in [3.63, 3.8) is 0 Å². The van der Waals surface area contributed by atoms with Gasteiger partial charge in [-0.15, -0.1) is 5.10 Å². The van der Waals surface area contributed by atoms with Crippen LogP contribution in [0.15, 0.2) is 30.3 Å². The number of aromatic amines is 1. The Hall–Kier alpha value is -2.83. The number of carbonyl (C=O) groups excluding carboxylic acids is 1. The number of nitrogens with one attached hydrogen (secondary N) is 2. The molecule has 0 aliphatic rings. The highest BCUT2D eigenvalue weighted by atomic mass is 16.5. The molecule has 0 saturated heterocycles. The quantitative estimate of drug-likeness (QED) is 0.590. The Kier molecular flexibility index (Phi) is 6.11. The van der Waals surface area contributed by atoms with Gasteiger partial charge in [0.25, 0.3) is 0 Å². The molecule has 0 saturated carbocycles. The SMILES string of the molecule is CCCCC(CC)C(=O)Nc1ccc(-c2nc3cc(OCC)nn3[nH]2)cc1. The van der Waals surface area contributed by atoms with Gasteiger partial charge in [-0.05, 0) is 44.0 Å². The molecule has 2 heterocycles. The predicted molar refractivity (Wildman–Crippen MR) is 106 cm³/mol. The minimum atomic E-state index is 0.0713. The van der Waals surface area contributed by atoms with Gasteiger partial charge in [0.2, 0.25) is 11.8 Å². The Morgan fingerprint density at radius 3 is 2.67 bits per heavy atom. The number of fused-ring (bicyclic) bond motifs is 1. The van der Waals surface area contributed by atoms with Crippen LogP contribution >= 0.6 is 0 Å². The second-order valence-corrected chi connectivity index (χ2v) is 6.57. The molecule has 27 heavy (non-hydrogen) atoms. The van der Waals surface area contributed by atoms with Crippen LogP contribution in [0.1, 0.15) is 46.5 Å². The van der Waals surface area contributed by atoms with Crippen LogP contribution in [0.5, 0.6) is 5.88 Å². The molecule has 2 N–H and O–H groups in total. The molecule has 2 aromatic heterocycles. The van der Waals surface area contributed by atoms with Crippen molar-refractivity contribution in [2.75, 3.05) is 11.9 Å². The number of anilines is 1. The van der Waals surface area contributed by atoms with Crippen LogP contribution in [0.25, 0.3) is 17.0 Å². The summed E-state index contributed by atoms with van der Waals surface area (Å²) in [6.07, 6.45) is 3.99. The Bertz CT molecular complexity index is 850. The van der Waals surface area contributed by atoms with Gasteiger partial charge in [0.1, 0.15) is 0 Å². The molecule has 7 heteroatoms. The van der Waals surface area contributed by atoms with E-state index in [1.807, 2.05) is 31.2 Å². The first-order chi connectivity index (χ1) is 13.1. The molecule has 1 atom stereocenters. The summed E-state index contributed by atoms with van der Waals surface area (Å²) in [5.41, 5.74) is 2.43. The van der Waals surface area contributed by atoms with Crippen LogP contribution in [0.3, 0.4) is 0 Å². The molecule has 144 valence electrons. The largest absolute Gasteiger partial charge is 0.477 e. The van der Waals surface area contributed by atoms with Crippen LogP contribution in [0, 0.1) is 5.92 Å². The minimum absolute atomic E-state index is 0.0713. The summed E-state index contributed by atoms with van der Waals surface area (Å²) in [7, 11) is 0. The van der Waals surface area contributed by atoms with Crippen molar-refractivity contribution in [1.82, 2.24) is 19.8 Å². The summed E-state index contributed by atoms with van der Waals surface area (Å²) < 4.78 is 6.96. The number of nitrogens with zero attached hydrogens (tertiary/aromatic N) is 3. The summed E-state index contributed by atoms with van der Waals surface area (Å²) in [4.78, 5) is 16.9. The van der Waals surface area contributed by atoms with Gasteiger partial charge in [0, 0.05) is 23.2 Å². The zero-order valence-electron chi connectivity index (χ0n) is 16.2. The summed E-state index contributed by atoms with van der Waals surface area (Å²) in [6.45, 7) is 6.69. The molecule has 7 nitrogen and oxygen atoms in total. The fraction of sp³-hybridized carbons (Fsp3) is 0.450. The normalized spacial score (nSPS) is 12.3. The van der Waals surface area contributed by atoms with Gasteiger partial charge in [0.05, 0.1) is 6.61 Å². The van der Waals surface area contributed by atoms with Gasteiger partial charge in [-0.2, -0.15) is 4.63 Å². The molecule has 1 unspecified atom stereocenters. The molecular weight excluding hydrogens is 342 g/mol. The van der Waals surface area contributed by atoms with Crippen LogP contribution in [-0.2, 0) is 4.79 Å². The lowest BCUT2D eigenvalue weighted by Gasteiger charge is -2.14. The molecular formula is C20H27N5O2. The van der Waals surface area contributed by atoms with Gasteiger partial charge >= 0.3 is 0 Å². The number of carbonyl (C=O) groups is 1. The van der Waals surface area contributed by atoms with Gasteiger partial charge in [-0.25, -0.2) is 4.98 Å². The number of hydrogen-bond acceptors (Lipinski definition) is 4. The van der Waals surface area contributed by atoms with Crippen molar-refractivity contribution in [2.24, 2.45) is 5.92 Å². The molecule has 3 rings (SSSR count). The second-order valence-electron chi connectivity index (χ2n) is 6.57. The summed E-state index contributed by atoms with van der Waals surface area (Å²) >= 11 is 0. The highest BCUT2D eigenvalue weighted by molar-refractivity contribution is 5.92. The third-order valence-electron chi connectivity index (χ3n) is 4.59. The van der Waals surface area contributed by atoms with Crippen molar-refractivity contribution in [1.29, 1.82) is 0 Å². The monoisotopic (exact) mass is 369 g/mol. The molecule has 0 bridgehead atoms. The molecule has 1 amide bonds. The van der Waals surface area contributed by atoms with E-state index in [0.29, 0.717) is 24.0 Å². The fourth-order valence-electron chi connectivity index (χ4n) is 3.03. The average molecular weight is 369 g/mol. The van der Waals surface area contributed by atoms with Crippen molar-refractivity contribution in [3.05, 3.63) is 30.3 Å². The van der Waals surface area contributed by atoms with Crippen LogP contribution in [0.4, 0.5) is 5.69 Å². The van der Waals surface area contributed by atoms with Crippen LogP contribution < -0.4 is 10.1 Å². The fourth-order valence-corrected chi connectivity index (χ4v) is 3.03. The van der Waals surface area contributed by atoms with E-state index in [-0.39, 0.29) is 11.8 Å². The first-order valence-corrected chi connectivity index (χ1v) is 9.64. The topological polar surface area (TPSA) is 84.3 Å². The maximum absolute atomic E-state index is 12.4. The third-order valence-corrected chi connectivity index (χ3v) is 4.59. The van der Waals surface area contributed by atoms with Gasteiger partial charge in [0.15, 0.2) is 11.5 Å². The summed E-state index contributed by atoms with van der Waals surface area (Å²) in [5, 5.41) is 10.4. The second kappa shape index (κ2) is 8.70. The standard InChI is InChI=1S/C20H27N5O2/c1-4-7-8-14(5-2)20(26)21-16-11-9-15(10-12-16)19-22-17-13-18(27-6-3)23-25(17)24-19/h9-14H,4-8H2,1-3H3,(H,21,26)(H,22,24). The molecule has 0 spiro atoms. The Morgan fingerprint density at radius 1 is 1.26 bits per heavy atom. The van der Waals surface area contributed by atoms with Crippen LogP contribution in [0.2, 0.25) is 0 Å². The number of aromatic nitrogens is 4. The zero-order chi connectivity index (χ0) is 19.2. The molecule has 1 aromatic carbocycles. The van der Waals surface area contributed by atoms with Crippen molar-refractivity contribution in [2.45, 2.75) is 46.5 Å². The van der Waals surface area contributed by atoms with E-state index in [4.69, 9.17) is 4.74 Å². The maximum atomic E-state index is 12.4. The van der Waals surface area contributed by atoms with E-state index in [9.17, 15) is 4.79 Å². The van der Waals surface area contributed by atoms with E-state index >= 15 is 0 Å². The van der Waals surface area contributed by atoms with Crippen molar-refractivity contribution in [3.8, 4) is 17.3 Å². The lowest BCUT2D eigenvalue weighted by Crippen LogP contribution is -2.22. The molecule has 0 fully saturated rings. The summed E-state index contributed by atoms with van der Waals surface area (Å²) in [6, 6.07) is 9.46. The number of hydrogen-bond donors (Lipinski definition) is 2. The third kappa shape index (κ3) is 4.48. The Balaban J connectivity index is 1.67. The van der Waals surface area contributed by atoms with E-state index in [1.54, 1.807) is 10.7 Å². The minimum Gasteiger partial charge on any atom is -0.477 e. The van der Waals surface area contributed by atoms with Gasteiger partial charge in [-0.3, -0.25) is 9.89 Å². The maximum Gasteiger partial charge on any atom is 0.237 e. The highest BCUT2D eigenvalue weighted by Gasteiger charge is 2.16. The number of rotatable bonds is 9. The Morgan fingerprint density at radius 2 is 2.04 bits per heavy atom.